The van der Waals surface area contributed by atoms with E-state index in [-0.39, 0.29) is 34.9 Å². The number of hydrogen-bond donors (Lipinski definition) is 2. The standard InChI is InChI=1S/C26H26F2N4O4S/c1-4-29-25(33)19-11-21-22-14(12-32(21)20-6-5-16(27)10-18(20)28)9-15(13-37(3,35)36)17-7-8-31(2)26(34)23(17)24(22)30-19/h5-10,12,19,21,30H,4,11,13H2,1-3H3,(H,29,33). The van der Waals surface area contributed by atoms with Crippen LogP contribution in [0.15, 0.2) is 58.7 Å². The monoisotopic (exact) mass is 528 g/mol. The largest absolute Gasteiger partial charge is 0.373 e. The summed E-state index contributed by atoms with van der Waals surface area (Å²) >= 11 is 0. The van der Waals surface area contributed by atoms with Crippen LogP contribution in [0.3, 0.4) is 0 Å². The predicted octanol–water partition coefficient (Wildman–Crippen LogP) is 2.09. The number of amides is 1. The van der Waals surface area contributed by atoms with E-state index < -0.39 is 33.6 Å². The number of likely N-dealkylation sites (N-methyl/N-ethyl adjacent to an activating group) is 1. The SMILES string of the molecule is CCNC(=O)C1CC2C3=C(N1)c1c(ccn(C)c1=O)C(CS(C)(=O)=O)=CC3=CN2c1ccc(F)cc1F. The van der Waals surface area contributed by atoms with Crippen LogP contribution >= 0.6 is 0 Å². The lowest BCUT2D eigenvalue weighted by Crippen LogP contribution is -2.51. The second kappa shape index (κ2) is 8.98. The molecule has 3 aliphatic rings. The summed E-state index contributed by atoms with van der Waals surface area (Å²) in [5, 5.41) is 6.02. The zero-order valence-corrected chi connectivity index (χ0v) is 21.3. The number of nitrogens with one attached hydrogen (secondary N) is 2. The van der Waals surface area contributed by atoms with Crippen molar-refractivity contribution in [3.8, 4) is 0 Å². The number of sulfone groups is 1. The molecule has 0 saturated heterocycles. The van der Waals surface area contributed by atoms with Crippen molar-refractivity contribution < 1.29 is 22.0 Å². The molecule has 1 amide bonds. The molecule has 1 aromatic carbocycles. The molecule has 0 radical (unpaired) electrons. The Morgan fingerprint density at radius 3 is 2.68 bits per heavy atom. The minimum atomic E-state index is -3.49. The lowest BCUT2D eigenvalue weighted by molar-refractivity contribution is -0.123. The van der Waals surface area contributed by atoms with Crippen LogP contribution in [-0.2, 0) is 21.7 Å². The maximum absolute atomic E-state index is 14.9. The van der Waals surface area contributed by atoms with E-state index in [1.807, 2.05) is 0 Å². The first-order chi connectivity index (χ1) is 17.5. The van der Waals surface area contributed by atoms with Gasteiger partial charge in [0.25, 0.3) is 5.56 Å². The third-order valence-corrected chi connectivity index (χ3v) is 7.61. The number of carbonyl (C=O) groups is 1. The molecule has 37 heavy (non-hydrogen) atoms. The number of anilines is 1. The summed E-state index contributed by atoms with van der Waals surface area (Å²) in [6, 6.07) is 3.63. The summed E-state index contributed by atoms with van der Waals surface area (Å²) in [4.78, 5) is 28.1. The van der Waals surface area contributed by atoms with Gasteiger partial charge < -0.3 is 20.1 Å². The van der Waals surface area contributed by atoms with Gasteiger partial charge in [-0.3, -0.25) is 9.59 Å². The smallest absolute Gasteiger partial charge is 0.260 e. The summed E-state index contributed by atoms with van der Waals surface area (Å²) in [6.45, 7) is 2.19. The van der Waals surface area contributed by atoms with Gasteiger partial charge in [0.15, 0.2) is 9.84 Å². The number of aryl methyl sites for hydroxylation is 1. The van der Waals surface area contributed by atoms with Crippen LogP contribution in [0.4, 0.5) is 14.5 Å². The summed E-state index contributed by atoms with van der Waals surface area (Å²) in [6.07, 6.45) is 6.28. The molecule has 2 aromatic rings. The Balaban J connectivity index is 1.79. The second-order valence-corrected chi connectivity index (χ2v) is 11.6. The molecular weight excluding hydrogens is 502 g/mol. The number of nitrogens with zero attached hydrogens (tertiary/aromatic N) is 2. The first kappa shape index (κ1) is 24.9. The molecule has 0 bridgehead atoms. The molecule has 11 heteroatoms. The Hall–Kier alpha value is -3.73. The quantitative estimate of drug-likeness (QED) is 0.617. The highest BCUT2D eigenvalue weighted by Crippen LogP contribution is 2.45. The molecule has 194 valence electrons. The van der Waals surface area contributed by atoms with E-state index in [4.69, 9.17) is 0 Å². The average Bonchev–Trinajstić information content (AvgIpc) is 3.10. The number of fused-ring (bicyclic) bond motifs is 2. The first-order valence-corrected chi connectivity index (χ1v) is 13.9. The molecule has 8 nitrogen and oxygen atoms in total. The number of allylic oxidation sites excluding steroid dienone is 1. The number of aromatic nitrogens is 1. The lowest BCUT2D eigenvalue weighted by Gasteiger charge is -2.36. The Bertz CT molecular complexity index is 1590. The van der Waals surface area contributed by atoms with Crippen molar-refractivity contribution in [3.63, 3.8) is 0 Å². The summed E-state index contributed by atoms with van der Waals surface area (Å²) in [5.74, 6) is -2.11. The van der Waals surface area contributed by atoms with Crippen molar-refractivity contribution in [2.45, 2.75) is 25.4 Å². The van der Waals surface area contributed by atoms with E-state index in [9.17, 15) is 26.8 Å². The van der Waals surface area contributed by atoms with Crippen LogP contribution in [0.2, 0.25) is 0 Å². The molecule has 2 atom stereocenters. The molecule has 2 unspecified atom stereocenters. The zero-order chi connectivity index (χ0) is 26.6. The maximum atomic E-state index is 14.9. The van der Waals surface area contributed by atoms with Crippen molar-refractivity contribution in [3.05, 3.63) is 87.0 Å². The minimum absolute atomic E-state index is 0.106. The Kier molecular flexibility index (Phi) is 6.06. The number of carbonyl (C=O) groups excluding carboxylic acids is 1. The minimum Gasteiger partial charge on any atom is -0.373 e. The molecular formula is C26H26F2N4O4S. The Morgan fingerprint density at radius 1 is 1.24 bits per heavy atom. The number of halogens is 2. The average molecular weight is 529 g/mol. The van der Waals surface area contributed by atoms with E-state index in [1.54, 1.807) is 43.4 Å². The molecule has 2 N–H and O–H groups in total. The summed E-state index contributed by atoms with van der Waals surface area (Å²) in [5.41, 5.74) is 2.49. The summed E-state index contributed by atoms with van der Waals surface area (Å²) < 4.78 is 54.7. The topological polar surface area (TPSA) is 101 Å². The van der Waals surface area contributed by atoms with Crippen molar-refractivity contribution >= 4 is 32.7 Å². The van der Waals surface area contributed by atoms with Crippen molar-refractivity contribution in [1.82, 2.24) is 15.2 Å². The molecule has 5 rings (SSSR count). The van der Waals surface area contributed by atoms with Crippen LogP contribution in [0, 0.1) is 11.6 Å². The van der Waals surface area contributed by atoms with Gasteiger partial charge in [-0.25, -0.2) is 17.2 Å². The molecule has 0 saturated carbocycles. The van der Waals surface area contributed by atoms with Gasteiger partial charge in [-0.2, -0.15) is 0 Å². The molecule has 0 fully saturated rings. The Labute approximate surface area is 212 Å². The number of pyridine rings is 1. The van der Waals surface area contributed by atoms with Crippen molar-refractivity contribution in [1.29, 1.82) is 0 Å². The van der Waals surface area contributed by atoms with Gasteiger partial charge in [-0.1, -0.05) is 0 Å². The van der Waals surface area contributed by atoms with E-state index in [1.165, 1.54) is 10.6 Å². The van der Waals surface area contributed by atoms with Gasteiger partial charge in [0.2, 0.25) is 5.91 Å². The van der Waals surface area contributed by atoms with Crippen molar-refractivity contribution in [2.75, 3.05) is 23.5 Å². The highest BCUT2D eigenvalue weighted by molar-refractivity contribution is 7.91. The van der Waals surface area contributed by atoms with Gasteiger partial charge in [-0.15, -0.1) is 0 Å². The van der Waals surface area contributed by atoms with Crippen molar-refractivity contribution in [2.24, 2.45) is 7.05 Å². The number of rotatable bonds is 5. The fourth-order valence-electron chi connectivity index (χ4n) is 5.24. The first-order valence-electron chi connectivity index (χ1n) is 11.8. The predicted molar refractivity (Wildman–Crippen MR) is 137 cm³/mol. The fraction of sp³-hybridized carbons (Fsp3) is 0.308. The van der Waals surface area contributed by atoms with Gasteiger partial charge in [0.1, 0.15) is 17.7 Å². The van der Waals surface area contributed by atoms with Gasteiger partial charge in [0.05, 0.1) is 28.7 Å². The van der Waals surface area contributed by atoms with E-state index in [0.29, 0.717) is 34.5 Å². The fourth-order valence-corrected chi connectivity index (χ4v) is 6.05. The Morgan fingerprint density at radius 2 is 2.00 bits per heavy atom. The van der Waals surface area contributed by atoms with E-state index in [0.717, 1.165) is 18.4 Å². The summed E-state index contributed by atoms with van der Waals surface area (Å²) in [7, 11) is -1.90. The van der Waals surface area contributed by atoms with Crippen LogP contribution in [0.1, 0.15) is 24.5 Å². The zero-order valence-electron chi connectivity index (χ0n) is 20.5. The molecule has 0 spiro atoms. The third-order valence-electron chi connectivity index (χ3n) is 6.77. The number of hydrogen-bond acceptors (Lipinski definition) is 6. The van der Waals surface area contributed by atoms with E-state index in [2.05, 4.69) is 10.6 Å². The molecule has 1 aliphatic carbocycles. The van der Waals surface area contributed by atoms with Crippen LogP contribution in [-0.4, -0.2) is 49.5 Å². The number of benzene rings is 1. The van der Waals surface area contributed by atoms with Gasteiger partial charge in [-0.05, 0) is 47.9 Å². The molecule has 3 heterocycles. The van der Waals surface area contributed by atoms with Crippen LogP contribution in [0.25, 0.3) is 11.3 Å². The lowest BCUT2D eigenvalue weighted by atomic mass is 9.88. The van der Waals surface area contributed by atoms with Gasteiger partial charge >= 0.3 is 0 Å². The van der Waals surface area contributed by atoms with Gasteiger partial charge in [0, 0.05) is 50.3 Å². The highest BCUT2D eigenvalue weighted by atomic mass is 32.2. The maximum Gasteiger partial charge on any atom is 0.260 e. The molecule has 1 aromatic heterocycles. The normalized spacial score (nSPS) is 20.4. The second-order valence-electron chi connectivity index (χ2n) is 9.48. The van der Waals surface area contributed by atoms with E-state index >= 15 is 0 Å². The highest BCUT2D eigenvalue weighted by Gasteiger charge is 2.43. The van der Waals surface area contributed by atoms with Crippen LogP contribution in [0.5, 0.6) is 0 Å². The molecule has 2 aliphatic heterocycles. The van der Waals surface area contributed by atoms with Crippen LogP contribution < -0.4 is 21.1 Å². The third kappa shape index (κ3) is 4.37.